The zero-order valence-electron chi connectivity index (χ0n) is 5.16. The Morgan fingerprint density at radius 2 is 2.40 bits per heavy atom. The highest BCUT2D eigenvalue weighted by Gasteiger charge is 1.98. The van der Waals surface area contributed by atoms with E-state index in [-0.39, 0.29) is 13.0 Å². The average molecular weight is 168 g/mol. The van der Waals surface area contributed by atoms with E-state index in [1.165, 1.54) is 0 Å². The summed E-state index contributed by atoms with van der Waals surface area (Å²) in [6, 6.07) is 0. The van der Waals surface area contributed by atoms with E-state index in [0.29, 0.717) is 0 Å². The van der Waals surface area contributed by atoms with Crippen LogP contribution in [0.3, 0.4) is 0 Å². The van der Waals surface area contributed by atoms with Crippen molar-refractivity contribution in [1.29, 1.82) is 0 Å². The molecule has 0 heterocycles. The van der Waals surface area contributed by atoms with E-state index in [1.807, 2.05) is 5.43 Å². The van der Waals surface area contributed by atoms with Crippen LogP contribution in [0.2, 0.25) is 0 Å². The van der Waals surface area contributed by atoms with E-state index in [4.69, 9.17) is 10.7 Å². The van der Waals surface area contributed by atoms with Crippen LogP contribution < -0.4 is 11.3 Å². The number of nitrogens with one attached hydrogen (secondary N) is 1. The molecule has 0 rings (SSSR count). The lowest BCUT2D eigenvalue weighted by molar-refractivity contribution is -0.121. The van der Waals surface area contributed by atoms with Crippen LogP contribution in [0.5, 0.6) is 0 Å². The van der Waals surface area contributed by atoms with Crippen molar-refractivity contribution >= 4 is 14.2 Å². The van der Waals surface area contributed by atoms with Gasteiger partial charge in [0.2, 0.25) is 5.91 Å². The summed E-state index contributed by atoms with van der Waals surface area (Å²) < 4.78 is 14.1. The fourth-order valence-corrected chi connectivity index (χ4v) is 0.580. The third-order valence-corrected chi connectivity index (χ3v) is 1.17. The van der Waals surface area contributed by atoms with E-state index >= 15 is 0 Å². The first-order valence-corrected chi connectivity index (χ1v) is 3.78. The van der Waals surface area contributed by atoms with Crippen LogP contribution in [-0.4, -0.2) is 17.4 Å². The number of carbonyl (C=O) groups is 1. The lowest BCUT2D eigenvalue weighted by Crippen LogP contribution is -2.30. The van der Waals surface area contributed by atoms with Gasteiger partial charge in [0, 0.05) is 0 Å². The van der Waals surface area contributed by atoms with Gasteiger partial charge < -0.3 is 9.42 Å². The van der Waals surface area contributed by atoms with Crippen LogP contribution >= 0.6 is 8.25 Å². The van der Waals surface area contributed by atoms with E-state index in [2.05, 4.69) is 4.52 Å². The number of nitrogens with two attached hydrogens (primary N) is 1. The summed E-state index contributed by atoms with van der Waals surface area (Å²) in [6.45, 7) is -0.0860. The molecule has 0 aliphatic carbocycles. The molecule has 0 fully saturated rings. The standard InChI is InChI=1S/C3H9N2O4P/c4-5-3(6)1-2-9-10(7)8/h10H,1-2,4H2,(H,5,6)(H,7,8). The Labute approximate surface area is 58.3 Å². The fourth-order valence-electron chi connectivity index (χ4n) is 0.303. The maximum Gasteiger partial charge on any atom is 0.316 e. The molecule has 6 nitrogen and oxygen atoms in total. The number of hydrazine groups is 1. The van der Waals surface area contributed by atoms with Crippen LogP contribution in [0.15, 0.2) is 0 Å². The Morgan fingerprint density at radius 1 is 1.80 bits per heavy atom. The first-order valence-electron chi connectivity index (χ1n) is 2.52. The summed E-state index contributed by atoms with van der Waals surface area (Å²) in [4.78, 5) is 18.4. The van der Waals surface area contributed by atoms with Crippen molar-refractivity contribution in [3.63, 3.8) is 0 Å². The van der Waals surface area contributed by atoms with Gasteiger partial charge in [-0.3, -0.25) is 14.8 Å². The van der Waals surface area contributed by atoms with Crippen LogP contribution in [0.4, 0.5) is 0 Å². The Hall–Kier alpha value is -0.420. The van der Waals surface area contributed by atoms with Crippen molar-refractivity contribution in [3.8, 4) is 0 Å². The average Bonchev–Trinajstić information content (AvgIpc) is 1.87. The van der Waals surface area contributed by atoms with E-state index in [9.17, 15) is 9.36 Å². The molecule has 0 aromatic rings. The Morgan fingerprint density at radius 3 is 2.80 bits per heavy atom. The Bertz CT molecular complexity index is 138. The van der Waals surface area contributed by atoms with Crippen LogP contribution in [-0.2, 0) is 13.9 Å². The van der Waals surface area contributed by atoms with Crippen molar-refractivity contribution in [2.45, 2.75) is 6.42 Å². The van der Waals surface area contributed by atoms with Gasteiger partial charge in [-0.25, -0.2) is 5.84 Å². The van der Waals surface area contributed by atoms with Crippen LogP contribution in [0.25, 0.3) is 0 Å². The third-order valence-electron chi connectivity index (χ3n) is 0.716. The van der Waals surface area contributed by atoms with E-state index < -0.39 is 14.2 Å². The second-order valence-electron chi connectivity index (χ2n) is 1.43. The van der Waals surface area contributed by atoms with Gasteiger partial charge in [-0.1, -0.05) is 0 Å². The fraction of sp³-hybridized carbons (Fsp3) is 0.667. The summed E-state index contributed by atoms with van der Waals surface area (Å²) >= 11 is 0. The molecule has 0 aromatic carbocycles. The SMILES string of the molecule is NNC(=O)CCO[PH](=O)O. The van der Waals surface area contributed by atoms with E-state index in [0.717, 1.165) is 0 Å². The second-order valence-corrected chi connectivity index (χ2v) is 2.25. The number of hydrogen-bond acceptors (Lipinski definition) is 4. The molecule has 1 amide bonds. The minimum atomic E-state index is -2.91. The minimum absolute atomic E-state index is 0.00648. The topological polar surface area (TPSA) is 102 Å². The van der Waals surface area contributed by atoms with Crippen LogP contribution in [0, 0.1) is 0 Å². The largest absolute Gasteiger partial charge is 0.326 e. The molecule has 7 heteroatoms. The predicted octanol–water partition coefficient (Wildman–Crippen LogP) is -1.24. The van der Waals surface area contributed by atoms with Crippen molar-refractivity contribution in [2.75, 3.05) is 6.61 Å². The third kappa shape index (κ3) is 5.71. The molecule has 0 saturated heterocycles. The van der Waals surface area contributed by atoms with Gasteiger partial charge in [-0.2, -0.15) is 0 Å². The summed E-state index contributed by atoms with van der Waals surface area (Å²) in [5, 5.41) is 0. The van der Waals surface area contributed by atoms with Gasteiger partial charge in [-0.15, -0.1) is 0 Å². The first-order chi connectivity index (χ1) is 4.66. The number of amides is 1. The number of carbonyl (C=O) groups excluding carboxylic acids is 1. The first kappa shape index (κ1) is 9.58. The van der Waals surface area contributed by atoms with Gasteiger partial charge >= 0.3 is 8.25 Å². The maximum absolute atomic E-state index is 10.3. The summed E-state index contributed by atoms with van der Waals surface area (Å²) in [5.74, 6) is 4.27. The highest BCUT2D eigenvalue weighted by Crippen LogP contribution is 2.13. The summed E-state index contributed by atoms with van der Waals surface area (Å²) in [6.07, 6.45) is -0.00648. The highest BCUT2D eigenvalue weighted by molar-refractivity contribution is 7.32. The van der Waals surface area contributed by atoms with Gasteiger partial charge in [0.15, 0.2) is 0 Å². The molecule has 0 aliphatic heterocycles. The smallest absolute Gasteiger partial charge is 0.316 e. The molecular formula is C3H9N2O4P. The summed E-state index contributed by atoms with van der Waals surface area (Å²) in [7, 11) is -2.91. The molecule has 0 saturated carbocycles. The molecule has 0 spiro atoms. The number of rotatable bonds is 4. The van der Waals surface area contributed by atoms with Crippen molar-refractivity contribution < 1.29 is 18.8 Å². The molecule has 0 bridgehead atoms. The maximum atomic E-state index is 10.3. The molecule has 0 radical (unpaired) electrons. The summed E-state index contributed by atoms with van der Waals surface area (Å²) in [5.41, 5.74) is 1.85. The molecule has 1 atom stereocenters. The molecule has 4 N–H and O–H groups in total. The van der Waals surface area contributed by atoms with Crippen molar-refractivity contribution in [3.05, 3.63) is 0 Å². The number of hydrogen-bond donors (Lipinski definition) is 3. The zero-order valence-corrected chi connectivity index (χ0v) is 6.16. The van der Waals surface area contributed by atoms with Gasteiger partial charge in [0.1, 0.15) is 0 Å². The zero-order chi connectivity index (χ0) is 7.98. The quantitative estimate of drug-likeness (QED) is 0.211. The molecule has 60 valence electrons. The normalized spacial score (nSPS) is 12.6. The van der Waals surface area contributed by atoms with Crippen molar-refractivity contribution in [1.82, 2.24) is 5.43 Å². The van der Waals surface area contributed by atoms with E-state index in [1.54, 1.807) is 0 Å². The Kier molecular flexibility index (Phi) is 5.15. The second kappa shape index (κ2) is 5.37. The predicted molar refractivity (Wildman–Crippen MR) is 34.1 cm³/mol. The van der Waals surface area contributed by atoms with Gasteiger partial charge in [-0.05, 0) is 0 Å². The minimum Gasteiger partial charge on any atom is -0.326 e. The molecule has 0 aliphatic rings. The highest BCUT2D eigenvalue weighted by atomic mass is 31.1. The van der Waals surface area contributed by atoms with Crippen molar-refractivity contribution in [2.24, 2.45) is 5.84 Å². The molecule has 10 heavy (non-hydrogen) atoms. The monoisotopic (exact) mass is 168 g/mol. The van der Waals surface area contributed by atoms with Crippen LogP contribution in [0.1, 0.15) is 6.42 Å². The lowest BCUT2D eigenvalue weighted by atomic mass is 10.4. The van der Waals surface area contributed by atoms with Gasteiger partial charge in [0.25, 0.3) is 0 Å². The molecule has 0 aromatic heterocycles. The molecule has 1 unspecified atom stereocenters. The lowest BCUT2D eigenvalue weighted by Gasteiger charge is -1.97. The van der Waals surface area contributed by atoms with Gasteiger partial charge in [0.05, 0.1) is 13.0 Å². The molecular weight excluding hydrogens is 159 g/mol. The Balaban J connectivity index is 3.20.